The summed E-state index contributed by atoms with van der Waals surface area (Å²) in [6, 6.07) is 0. The summed E-state index contributed by atoms with van der Waals surface area (Å²) in [7, 11) is 4.15. The number of hydrogen-bond acceptors (Lipinski definition) is 4. The first-order valence-corrected chi connectivity index (χ1v) is 6.37. The molecular formula is C13H22N4. The molecule has 94 valence electrons. The fourth-order valence-electron chi connectivity index (χ4n) is 2.27. The second-order valence-corrected chi connectivity index (χ2v) is 5.16. The highest BCUT2D eigenvalue weighted by molar-refractivity contribution is 5.21. The van der Waals surface area contributed by atoms with Crippen LogP contribution in [0.1, 0.15) is 23.5 Å². The Kier molecular flexibility index (Phi) is 4.07. The smallest absolute Gasteiger partial charge is 0.129 e. The number of hydrogen-bond donors (Lipinski definition) is 1. The van der Waals surface area contributed by atoms with E-state index < -0.39 is 0 Å². The maximum Gasteiger partial charge on any atom is 0.129 e. The normalized spacial score (nSPS) is 19.4. The maximum atomic E-state index is 5.72. The van der Waals surface area contributed by atoms with E-state index in [0.717, 1.165) is 38.2 Å². The van der Waals surface area contributed by atoms with Crippen LogP contribution in [-0.4, -0.2) is 42.1 Å². The van der Waals surface area contributed by atoms with Crippen molar-refractivity contribution < 1.29 is 0 Å². The number of nitrogens with zero attached hydrogens (tertiary/aromatic N) is 3. The van der Waals surface area contributed by atoms with Crippen LogP contribution in [0.3, 0.4) is 0 Å². The molecule has 0 saturated carbocycles. The minimum atomic E-state index is 0.624. The van der Waals surface area contributed by atoms with E-state index in [4.69, 9.17) is 5.73 Å². The lowest BCUT2D eigenvalue weighted by Crippen LogP contribution is -2.24. The summed E-state index contributed by atoms with van der Waals surface area (Å²) in [6.45, 7) is 1.78. The quantitative estimate of drug-likeness (QED) is 0.831. The monoisotopic (exact) mass is 234 g/mol. The zero-order valence-corrected chi connectivity index (χ0v) is 10.8. The molecule has 1 aromatic rings. The standard InChI is InChI=1S/C13H22N4/c1-17(2)6-5-13-15-9-11-7-10(8-14)3-4-12(11)16-13/h9-10H,3-8,14H2,1-2H3. The second kappa shape index (κ2) is 5.56. The van der Waals surface area contributed by atoms with Gasteiger partial charge in [0.05, 0.1) is 0 Å². The summed E-state index contributed by atoms with van der Waals surface area (Å²) >= 11 is 0. The molecule has 1 aliphatic carbocycles. The molecule has 4 nitrogen and oxygen atoms in total. The Morgan fingerprint density at radius 3 is 3.00 bits per heavy atom. The Bertz CT molecular complexity index is 376. The molecule has 4 heteroatoms. The molecule has 17 heavy (non-hydrogen) atoms. The van der Waals surface area contributed by atoms with E-state index in [9.17, 15) is 0 Å². The third-order valence-corrected chi connectivity index (χ3v) is 3.42. The fourth-order valence-corrected chi connectivity index (χ4v) is 2.27. The molecule has 1 heterocycles. The topological polar surface area (TPSA) is 55.0 Å². The average Bonchev–Trinajstić information content (AvgIpc) is 2.35. The van der Waals surface area contributed by atoms with Gasteiger partial charge in [0.25, 0.3) is 0 Å². The van der Waals surface area contributed by atoms with Crippen LogP contribution in [0.25, 0.3) is 0 Å². The van der Waals surface area contributed by atoms with Gasteiger partial charge < -0.3 is 10.6 Å². The highest BCUT2D eigenvalue weighted by Gasteiger charge is 2.19. The molecule has 0 aromatic carbocycles. The molecular weight excluding hydrogens is 212 g/mol. The minimum Gasteiger partial charge on any atom is -0.330 e. The molecule has 1 unspecified atom stereocenters. The largest absolute Gasteiger partial charge is 0.330 e. The molecule has 1 aromatic heterocycles. The summed E-state index contributed by atoms with van der Waals surface area (Å²) < 4.78 is 0. The van der Waals surface area contributed by atoms with Crippen molar-refractivity contribution in [2.45, 2.75) is 25.7 Å². The fraction of sp³-hybridized carbons (Fsp3) is 0.692. The van der Waals surface area contributed by atoms with Crippen LogP contribution in [0.4, 0.5) is 0 Å². The minimum absolute atomic E-state index is 0.624. The van der Waals surface area contributed by atoms with Gasteiger partial charge in [-0.2, -0.15) is 0 Å². The van der Waals surface area contributed by atoms with Gasteiger partial charge in [-0.05, 0) is 51.4 Å². The zero-order valence-electron chi connectivity index (χ0n) is 10.8. The van der Waals surface area contributed by atoms with E-state index in [1.165, 1.54) is 17.7 Å². The van der Waals surface area contributed by atoms with E-state index in [2.05, 4.69) is 29.0 Å². The van der Waals surface area contributed by atoms with Crippen molar-refractivity contribution >= 4 is 0 Å². The average molecular weight is 234 g/mol. The van der Waals surface area contributed by atoms with Gasteiger partial charge >= 0.3 is 0 Å². The first kappa shape index (κ1) is 12.5. The van der Waals surface area contributed by atoms with Crippen LogP contribution in [-0.2, 0) is 19.3 Å². The van der Waals surface area contributed by atoms with Gasteiger partial charge in [0.2, 0.25) is 0 Å². The Morgan fingerprint density at radius 2 is 2.29 bits per heavy atom. The van der Waals surface area contributed by atoms with Crippen molar-refractivity contribution in [3.8, 4) is 0 Å². The summed E-state index contributed by atoms with van der Waals surface area (Å²) in [5.74, 6) is 1.60. The number of aromatic nitrogens is 2. The first-order chi connectivity index (χ1) is 8.19. The van der Waals surface area contributed by atoms with E-state index >= 15 is 0 Å². The van der Waals surface area contributed by atoms with Gasteiger partial charge in [-0.25, -0.2) is 9.97 Å². The number of nitrogens with two attached hydrogens (primary N) is 1. The SMILES string of the molecule is CN(C)CCc1ncc2c(n1)CCC(CN)C2. The summed E-state index contributed by atoms with van der Waals surface area (Å²) in [5, 5.41) is 0. The molecule has 2 N–H and O–H groups in total. The van der Waals surface area contributed by atoms with Crippen molar-refractivity contribution in [1.29, 1.82) is 0 Å². The summed E-state index contributed by atoms with van der Waals surface area (Å²) in [4.78, 5) is 11.3. The van der Waals surface area contributed by atoms with Crippen molar-refractivity contribution in [3.63, 3.8) is 0 Å². The van der Waals surface area contributed by atoms with Crippen LogP contribution in [0.5, 0.6) is 0 Å². The van der Waals surface area contributed by atoms with Crippen molar-refractivity contribution in [2.75, 3.05) is 27.2 Å². The molecule has 0 spiro atoms. The molecule has 1 atom stereocenters. The Hall–Kier alpha value is -1.00. The van der Waals surface area contributed by atoms with Crippen LogP contribution < -0.4 is 5.73 Å². The number of rotatable bonds is 4. The highest BCUT2D eigenvalue weighted by Crippen LogP contribution is 2.22. The van der Waals surface area contributed by atoms with Gasteiger partial charge in [0.15, 0.2) is 0 Å². The first-order valence-electron chi connectivity index (χ1n) is 6.37. The third-order valence-electron chi connectivity index (χ3n) is 3.42. The Balaban J connectivity index is 2.05. The summed E-state index contributed by atoms with van der Waals surface area (Å²) in [5.41, 5.74) is 8.28. The lowest BCUT2D eigenvalue weighted by molar-refractivity contribution is 0.407. The van der Waals surface area contributed by atoms with E-state index in [1.807, 2.05) is 6.20 Å². The number of aryl methyl sites for hydroxylation is 1. The highest BCUT2D eigenvalue weighted by atomic mass is 15.1. The predicted molar refractivity (Wildman–Crippen MR) is 68.9 cm³/mol. The van der Waals surface area contributed by atoms with Gasteiger partial charge in [-0.1, -0.05) is 0 Å². The van der Waals surface area contributed by atoms with E-state index in [1.54, 1.807) is 0 Å². The van der Waals surface area contributed by atoms with Crippen molar-refractivity contribution in [2.24, 2.45) is 11.7 Å². The van der Waals surface area contributed by atoms with Crippen LogP contribution >= 0.6 is 0 Å². The molecule has 2 rings (SSSR count). The molecule has 0 fully saturated rings. The Labute approximate surface area is 103 Å². The van der Waals surface area contributed by atoms with E-state index in [0.29, 0.717) is 5.92 Å². The molecule has 0 radical (unpaired) electrons. The van der Waals surface area contributed by atoms with Gasteiger partial charge in [0.1, 0.15) is 5.82 Å². The van der Waals surface area contributed by atoms with E-state index in [-0.39, 0.29) is 0 Å². The number of likely N-dealkylation sites (N-methyl/N-ethyl adjacent to an activating group) is 1. The molecule has 0 bridgehead atoms. The van der Waals surface area contributed by atoms with Crippen molar-refractivity contribution in [3.05, 3.63) is 23.3 Å². The molecule has 0 saturated heterocycles. The van der Waals surface area contributed by atoms with Crippen LogP contribution in [0.2, 0.25) is 0 Å². The Morgan fingerprint density at radius 1 is 1.47 bits per heavy atom. The van der Waals surface area contributed by atoms with Crippen molar-refractivity contribution in [1.82, 2.24) is 14.9 Å². The molecule has 0 amide bonds. The molecule has 1 aliphatic rings. The summed E-state index contributed by atoms with van der Waals surface area (Å²) in [6.07, 6.45) is 6.23. The number of fused-ring (bicyclic) bond motifs is 1. The lowest BCUT2D eigenvalue weighted by atomic mass is 9.87. The lowest BCUT2D eigenvalue weighted by Gasteiger charge is -2.22. The predicted octanol–water partition coefficient (Wildman–Crippen LogP) is 0.644. The van der Waals surface area contributed by atoms with Gasteiger partial charge in [-0.3, -0.25) is 0 Å². The van der Waals surface area contributed by atoms with Gasteiger partial charge in [-0.15, -0.1) is 0 Å². The van der Waals surface area contributed by atoms with Crippen LogP contribution in [0.15, 0.2) is 6.20 Å². The third kappa shape index (κ3) is 3.23. The zero-order chi connectivity index (χ0) is 12.3. The van der Waals surface area contributed by atoms with Gasteiger partial charge in [0, 0.05) is 24.9 Å². The molecule has 0 aliphatic heterocycles. The second-order valence-electron chi connectivity index (χ2n) is 5.16. The maximum absolute atomic E-state index is 5.72. The van der Waals surface area contributed by atoms with Crippen LogP contribution in [0, 0.1) is 5.92 Å².